The normalized spacial score (nSPS) is 19.7. The largest absolute Gasteiger partial charge is 0.469 e. The molecule has 4 rings (SSSR count). The molecule has 1 aromatic rings. The van der Waals surface area contributed by atoms with Crippen LogP contribution in [0.2, 0.25) is 0 Å². The van der Waals surface area contributed by atoms with Crippen molar-refractivity contribution < 1.29 is 23.9 Å². The summed E-state index contributed by atoms with van der Waals surface area (Å²) in [6.07, 6.45) is 15.6. The van der Waals surface area contributed by atoms with Gasteiger partial charge in [0.25, 0.3) is 5.91 Å². The minimum absolute atomic E-state index is 0.0142. The van der Waals surface area contributed by atoms with Crippen molar-refractivity contribution in [3.63, 3.8) is 0 Å². The maximum Gasteiger partial charge on any atom is 0.308 e. The first-order valence-corrected chi connectivity index (χ1v) is 13.2. The van der Waals surface area contributed by atoms with Gasteiger partial charge in [0.15, 0.2) is 0 Å². The van der Waals surface area contributed by atoms with Gasteiger partial charge in [-0.1, -0.05) is 38.5 Å². The molecule has 8 heteroatoms. The second-order valence-corrected chi connectivity index (χ2v) is 9.70. The summed E-state index contributed by atoms with van der Waals surface area (Å²) in [4.78, 5) is 35.3. The van der Waals surface area contributed by atoms with E-state index < -0.39 is 0 Å². The van der Waals surface area contributed by atoms with Gasteiger partial charge in [0.2, 0.25) is 6.41 Å². The van der Waals surface area contributed by atoms with Crippen LogP contribution in [0.3, 0.4) is 0 Å². The van der Waals surface area contributed by atoms with Crippen LogP contribution >= 0.6 is 0 Å². The zero-order valence-corrected chi connectivity index (χ0v) is 21.0. The van der Waals surface area contributed by atoms with Crippen molar-refractivity contribution in [3.8, 4) is 0 Å². The average molecular weight is 488 g/mol. The second-order valence-electron chi connectivity index (χ2n) is 9.70. The van der Waals surface area contributed by atoms with E-state index in [4.69, 9.17) is 4.74 Å². The summed E-state index contributed by atoms with van der Waals surface area (Å²) < 4.78 is 10.9. The average Bonchev–Trinajstić information content (AvgIpc) is 2.93. The van der Waals surface area contributed by atoms with Gasteiger partial charge in [0.1, 0.15) is 0 Å². The number of benzene rings is 1. The molecular weight excluding hydrogens is 446 g/mol. The fourth-order valence-corrected chi connectivity index (χ4v) is 5.22. The fourth-order valence-electron chi connectivity index (χ4n) is 5.22. The summed E-state index contributed by atoms with van der Waals surface area (Å²) in [6.45, 7) is 1.96. The number of rotatable bonds is 7. The Morgan fingerprint density at radius 1 is 0.857 bits per heavy atom. The van der Waals surface area contributed by atoms with Crippen LogP contribution in [0.25, 0.3) is 0 Å². The Morgan fingerprint density at radius 3 is 2.00 bits per heavy atom. The number of esters is 1. The van der Waals surface area contributed by atoms with Crippen LogP contribution in [0, 0.1) is 5.92 Å². The molecule has 1 heterocycles. The lowest BCUT2D eigenvalue weighted by Gasteiger charge is -2.36. The lowest BCUT2D eigenvalue weighted by atomic mass is 9.89. The molecule has 2 amide bonds. The minimum Gasteiger partial charge on any atom is -0.469 e. The number of carbonyl (C=O) groups excluding carboxylic acids is 3. The SMILES string of the molecule is COC(=O)C1CCCCC1.O=CNNC(=O)c1ccc(N2CCC(OC3CCCCC3)CC2)cc1. The molecule has 0 spiro atoms. The van der Waals surface area contributed by atoms with Crippen molar-refractivity contribution in [2.45, 2.75) is 89.3 Å². The van der Waals surface area contributed by atoms with E-state index in [-0.39, 0.29) is 17.8 Å². The molecule has 0 radical (unpaired) electrons. The van der Waals surface area contributed by atoms with E-state index in [0.29, 0.717) is 24.2 Å². The summed E-state index contributed by atoms with van der Waals surface area (Å²) in [5.41, 5.74) is 6.11. The Morgan fingerprint density at radius 2 is 1.43 bits per heavy atom. The predicted molar refractivity (Wildman–Crippen MR) is 135 cm³/mol. The maximum atomic E-state index is 11.8. The summed E-state index contributed by atoms with van der Waals surface area (Å²) in [6, 6.07) is 7.47. The molecule has 2 N–H and O–H groups in total. The van der Waals surface area contributed by atoms with E-state index in [9.17, 15) is 14.4 Å². The molecule has 0 bridgehead atoms. The molecule has 1 saturated heterocycles. The van der Waals surface area contributed by atoms with Gasteiger partial charge in [-0.25, -0.2) is 0 Å². The molecule has 194 valence electrons. The molecule has 0 atom stereocenters. The third-order valence-corrected chi connectivity index (χ3v) is 7.26. The number of hydrazine groups is 1. The van der Waals surface area contributed by atoms with Gasteiger partial charge in [-0.05, 0) is 62.8 Å². The first kappa shape index (κ1) is 27.0. The number of amides is 2. The van der Waals surface area contributed by atoms with Crippen LogP contribution in [0.5, 0.6) is 0 Å². The topological polar surface area (TPSA) is 97.0 Å². The number of ether oxygens (including phenoxy) is 2. The number of carbonyl (C=O) groups is 3. The Bertz CT molecular complexity index is 781. The van der Waals surface area contributed by atoms with Crippen LogP contribution in [-0.2, 0) is 19.1 Å². The Labute approximate surface area is 209 Å². The van der Waals surface area contributed by atoms with E-state index in [1.807, 2.05) is 12.1 Å². The molecule has 1 aliphatic heterocycles. The Hall–Kier alpha value is -2.61. The van der Waals surface area contributed by atoms with Crippen LogP contribution in [0.15, 0.2) is 24.3 Å². The summed E-state index contributed by atoms with van der Waals surface area (Å²) in [7, 11) is 1.47. The van der Waals surface area contributed by atoms with Gasteiger partial charge >= 0.3 is 5.97 Å². The number of nitrogens with one attached hydrogen (secondary N) is 2. The van der Waals surface area contributed by atoms with E-state index in [2.05, 4.69) is 20.5 Å². The van der Waals surface area contributed by atoms with E-state index in [1.165, 1.54) is 58.5 Å². The van der Waals surface area contributed by atoms with E-state index in [0.717, 1.165) is 44.5 Å². The maximum absolute atomic E-state index is 11.8. The summed E-state index contributed by atoms with van der Waals surface area (Å²) >= 11 is 0. The van der Waals surface area contributed by atoms with Crippen molar-refractivity contribution in [2.24, 2.45) is 5.92 Å². The van der Waals surface area contributed by atoms with Crippen molar-refractivity contribution >= 4 is 24.0 Å². The minimum atomic E-state index is -0.321. The molecule has 0 unspecified atom stereocenters. The lowest BCUT2D eigenvalue weighted by Crippen LogP contribution is -2.39. The molecule has 0 aromatic heterocycles. The number of hydrogen-bond acceptors (Lipinski definition) is 6. The standard InChI is InChI=1S/C19H27N3O3.C8H14O2/c23-14-20-21-19(24)15-6-8-16(9-7-15)22-12-10-18(11-13-22)25-17-4-2-1-3-5-17;1-10-8(9)7-5-3-2-4-6-7/h6-9,14,17-18H,1-5,10-13H2,(H,20,23)(H,21,24);7H,2-6H2,1H3. The number of anilines is 1. The van der Waals surface area contributed by atoms with Gasteiger partial charge in [-0.15, -0.1) is 0 Å². The van der Waals surface area contributed by atoms with E-state index in [1.54, 1.807) is 12.1 Å². The van der Waals surface area contributed by atoms with Gasteiger partial charge in [-0.2, -0.15) is 0 Å². The zero-order chi connectivity index (χ0) is 24.9. The molecule has 3 aliphatic rings. The highest BCUT2D eigenvalue weighted by molar-refractivity contribution is 5.94. The van der Waals surface area contributed by atoms with Gasteiger partial charge in [0.05, 0.1) is 25.2 Å². The van der Waals surface area contributed by atoms with Crippen molar-refractivity contribution in [1.29, 1.82) is 0 Å². The zero-order valence-electron chi connectivity index (χ0n) is 21.0. The monoisotopic (exact) mass is 487 g/mol. The number of hydrogen-bond donors (Lipinski definition) is 2. The molecular formula is C27H41N3O5. The van der Waals surface area contributed by atoms with Gasteiger partial charge in [0, 0.05) is 24.3 Å². The Kier molecular flexibility index (Phi) is 11.3. The summed E-state index contributed by atoms with van der Waals surface area (Å²) in [5, 5.41) is 0. The third kappa shape index (κ3) is 8.84. The highest BCUT2D eigenvalue weighted by Crippen LogP contribution is 2.27. The third-order valence-electron chi connectivity index (χ3n) is 7.26. The predicted octanol–water partition coefficient (Wildman–Crippen LogP) is 4.14. The number of methoxy groups -OCH3 is 1. The highest BCUT2D eigenvalue weighted by atomic mass is 16.5. The van der Waals surface area contributed by atoms with Crippen LogP contribution in [-0.4, -0.2) is 50.7 Å². The molecule has 1 aromatic carbocycles. The van der Waals surface area contributed by atoms with Crippen LogP contribution in [0.4, 0.5) is 5.69 Å². The fraction of sp³-hybridized carbons (Fsp3) is 0.667. The number of nitrogens with zero attached hydrogens (tertiary/aromatic N) is 1. The Balaban J connectivity index is 0.000000287. The molecule has 2 saturated carbocycles. The first-order chi connectivity index (χ1) is 17.1. The quantitative estimate of drug-likeness (QED) is 0.341. The van der Waals surface area contributed by atoms with Gasteiger partial charge in [-0.3, -0.25) is 25.2 Å². The second kappa shape index (κ2) is 14.7. The van der Waals surface area contributed by atoms with Crippen molar-refractivity contribution in [3.05, 3.63) is 29.8 Å². The molecule has 35 heavy (non-hydrogen) atoms. The molecule has 8 nitrogen and oxygen atoms in total. The van der Waals surface area contributed by atoms with Gasteiger partial charge < -0.3 is 14.4 Å². The lowest BCUT2D eigenvalue weighted by molar-refractivity contribution is -0.146. The summed E-state index contributed by atoms with van der Waals surface area (Å²) in [5.74, 6) is -0.128. The molecule has 3 fully saturated rings. The highest BCUT2D eigenvalue weighted by Gasteiger charge is 2.24. The van der Waals surface area contributed by atoms with Crippen molar-refractivity contribution in [2.75, 3.05) is 25.1 Å². The molecule has 2 aliphatic carbocycles. The first-order valence-electron chi connectivity index (χ1n) is 13.2. The van der Waals surface area contributed by atoms with E-state index >= 15 is 0 Å². The van der Waals surface area contributed by atoms with Crippen LogP contribution < -0.4 is 15.8 Å². The number of piperidine rings is 1. The smallest absolute Gasteiger partial charge is 0.308 e. The van der Waals surface area contributed by atoms with Crippen LogP contribution in [0.1, 0.15) is 87.4 Å². The van der Waals surface area contributed by atoms with Crippen molar-refractivity contribution in [1.82, 2.24) is 10.9 Å².